The van der Waals surface area contributed by atoms with Crippen LogP contribution in [0.15, 0.2) is 59.9 Å². The molecule has 0 fully saturated rings. The number of thioether (sulfide) groups is 2. The number of nitrogens with zero attached hydrogens (tertiary/aromatic N) is 8. The predicted molar refractivity (Wildman–Crippen MR) is 92.2 cm³/mol. The van der Waals surface area contributed by atoms with Crippen molar-refractivity contribution in [3.8, 4) is 0 Å². The van der Waals surface area contributed by atoms with Crippen LogP contribution in [-0.2, 0) is 0 Å². The van der Waals surface area contributed by atoms with E-state index < -0.39 is 0 Å². The van der Waals surface area contributed by atoms with Crippen LogP contribution in [0.3, 0.4) is 0 Å². The Kier molecular flexibility index (Phi) is 4.38. The molecule has 0 saturated heterocycles. The van der Waals surface area contributed by atoms with E-state index in [4.69, 9.17) is 0 Å². The predicted octanol–water partition coefficient (Wildman–Crippen LogP) is 2.00. The van der Waals surface area contributed by atoms with E-state index in [1.807, 2.05) is 8.80 Å². The fraction of sp³-hybridized carbons (Fsp3) is 0.143. The van der Waals surface area contributed by atoms with Crippen LogP contribution in [0.4, 0.5) is 0 Å². The van der Waals surface area contributed by atoms with Gasteiger partial charge in [0.15, 0.2) is 10.3 Å². The molecule has 0 aromatic carbocycles. The fourth-order valence-corrected chi connectivity index (χ4v) is 3.63. The first kappa shape index (κ1) is 15.1. The summed E-state index contributed by atoms with van der Waals surface area (Å²) in [5.41, 5.74) is 1.89. The van der Waals surface area contributed by atoms with Crippen molar-refractivity contribution in [1.82, 2.24) is 39.2 Å². The lowest BCUT2D eigenvalue weighted by Crippen LogP contribution is -1.95. The molecule has 0 N–H and O–H groups in total. The van der Waals surface area contributed by atoms with Gasteiger partial charge in [-0.3, -0.25) is 8.80 Å². The maximum atomic E-state index is 4.14. The Labute approximate surface area is 145 Å². The molecule has 0 amide bonds. The molecule has 4 rings (SSSR count). The summed E-state index contributed by atoms with van der Waals surface area (Å²) < 4.78 is 3.85. The summed E-state index contributed by atoms with van der Waals surface area (Å²) in [7, 11) is 0. The third-order valence-corrected chi connectivity index (χ3v) is 4.99. The standard InChI is InChI=1S/C14H12N8S2/c1(3-23-13-19-17-7-11-5-15-9-21(11)13)2-4-24-14-20-18-8-12-6-16-10-22(12)14/h1-2,5-10H,3-4H2/b2-1+. The molecule has 8 nitrogen and oxygen atoms in total. The van der Waals surface area contributed by atoms with Gasteiger partial charge in [-0.05, 0) is 0 Å². The summed E-state index contributed by atoms with van der Waals surface area (Å²) in [4.78, 5) is 8.20. The maximum Gasteiger partial charge on any atom is 0.195 e. The van der Waals surface area contributed by atoms with Crippen LogP contribution in [0.1, 0.15) is 0 Å². The van der Waals surface area contributed by atoms with Crippen LogP contribution in [0.25, 0.3) is 11.0 Å². The third-order valence-electron chi connectivity index (χ3n) is 3.20. The zero-order chi connectivity index (χ0) is 16.2. The molecule has 0 atom stereocenters. The molecule has 4 heterocycles. The number of rotatable bonds is 6. The van der Waals surface area contributed by atoms with Gasteiger partial charge in [-0.25, -0.2) is 9.97 Å². The molecule has 120 valence electrons. The zero-order valence-electron chi connectivity index (χ0n) is 12.4. The summed E-state index contributed by atoms with van der Waals surface area (Å²) in [6.45, 7) is 0. The highest BCUT2D eigenvalue weighted by Gasteiger charge is 2.03. The van der Waals surface area contributed by atoms with Crippen LogP contribution < -0.4 is 0 Å². The lowest BCUT2D eigenvalue weighted by Gasteiger charge is -2.01. The van der Waals surface area contributed by atoms with E-state index in [1.165, 1.54) is 0 Å². The largest absolute Gasteiger partial charge is 0.275 e. The smallest absolute Gasteiger partial charge is 0.195 e. The van der Waals surface area contributed by atoms with Gasteiger partial charge in [-0.1, -0.05) is 35.7 Å². The number of hydrogen-bond donors (Lipinski definition) is 0. The molecule has 10 heteroatoms. The molecule has 0 bridgehead atoms. The van der Waals surface area contributed by atoms with Crippen LogP contribution in [-0.4, -0.2) is 50.7 Å². The number of fused-ring (bicyclic) bond motifs is 2. The first-order valence-electron chi connectivity index (χ1n) is 7.10. The van der Waals surface area contributed by atoms with E-state index >= 15 is 0 Å². The fourth-order valence-electron chi connectivity index (χ4n) is 2.07. The van der Waals surface area contributed by atoms with Gasteiger partial charge in [0, 0.05) is 11.5 Å². The molecular weight excluding hydrogens is 344 g/mol. The third kappa shape index (κ3) is 3.10. The van der Waals surface area contributed by atoms with Gasteiger partial charge in [0.25, 0.3) is 0 Å². The van der Waals surface area contributed by atoms with Gasteiger partial charge in [0.05, 0.1) is 35.8 Å². The normalized spacial score (nSPS) is 11.8. The van der Waals surface area contributed by atoms with Gasteiger partial charge in [0.1, 0.15) is 12.7 Å². The molecule has 0 unspecified atom stereocenters. The molecule has 0 aliphatic rings. The molecule has 24 heavy (non-hydrogen) atoms. The van der Waals surface area contributed by atoms with E-state index in [2.05, 4.69) is 42.5 Å². The van der Waals surface area contributed by atoms with Gasteiger partial charge in [-0.2, -0.15) is 10.2 Å². The van der Waals surface area contributed by atoms with Gasteiger partial charge >= 0.3 is 0 Å². The second-order valence-corrected chi connectivity index (χ2v) is 6.70. The first-order valence-corrected chi connectivity index (χ1v) is 9.07. The van der Waals surface area contributed by atoms with Crippen molar-refractivity contribution < 1.29 is 0 Å². The molecule has 0 aliphatic carbocycles. The minimum absolute atomic E-state index is 0.813. The monoisotopic (exact) mass is 356 g/mol. The Morgan fingerprint density at radius 2 is 1.25 bits per heavy atom. The molecule has 0 radical (unpaired) electrons. The SMILES string of the molecule is C(=C\CSc1nncc2cncn12)/CSc1nncc2cncn12. The minimum atomic E-state index is 0.813. The number of aromatic nitrogens is 8. The Morgan fingerprint density at radius 1 is 0.750 bits per heavy atom. The second kappa shape index (κ2) is 6.97. The molecule has 0 aliphatic heterocycles. The average molecular weight is 356 g/mol. The van der Waals surface area contributed by atoms with Crippen molar-refractivity contribution in [1.29, 1.82) is 0 Å². The summed E-state index contributed by atoms with van der Waals surface area (Å²) in [5.74, 6) is 1.63. The molecular formula is C14H12N8S2. The van der Waals surface area contributed by atoms with E-state index in [0.717, 1.165) is 32.9 Å². The second-order valence-electron chi connectivity index (χ2n) is 4.72. The summed E-state index contributed by atoms with van der Waals surface area (Å²) >= 11 is 3.23. The van der Waals surface area contributed by atoms with Crippen molar-refractivity contribution in [2.45, 2.75) is 10.3 Å². The summed E-state index contributed by atoms with van der Waals surface area (Å²) in [5, 5.41) is 17.9. The highest BCUT2D eigenvalue weighted by atomic mass is 32.2. The first-order chi connectivity index (χ1) is 11.9. The Bertz CT molecular complexity index is 912. The van der Waals surface area contributed by atoms with Crippen LogP contribution in [0.2, 0.25) is 0 Å². The van der Waals surface area contributed by atoms with Crippen LogP contribution >= 0.6 is 23.5 Å². The zero-order valence-corrected chi connectivity index (χ0v) is 14.1. The van der Waals surface area contributed by atoms with Gasteiger partial charge in [0.2, 0.25) is 0 Å². The number of hydrogen-bond acceptors (Lipinski definition) is 8. The van der Waals surface area contributed by atoms with E-state index in [-0.39, 0.29) is 0 Å². The number of imidazole rings is 2. The van der Waals surface area contributed by atoms with Gasteiger partial charge < -0.3 is 0 Å². The highest BCUT2D eigenvalue weighted by Crippen LogP contribution is 2.18. The maximum absolute atomic E-state index is 4.14. The van der Waals surface area contributed by atoms with Crippen molar-refractivity contribution in [2.24, 2.45) is 0 Å². The lowest BCUT2D eigenvalue weighted by atomic mass is 10.6. The van der Waals surface area contributed by atoms with E-state index in [9.17, 15) is 0 Å². The van der Waals surface area contributed by atoms with Crippen molar-refractivity contribution in [2.75, 3.05) is 11.5 Å². The summed E-state index contributed by atoms with van der Waals surface area (Å²) in [6, 6.07) is 0. The van der Waals surface area contributed by atoms with E-state index in [1.54, 1.807) is 61.0 Å². The van der Waals surface area contributed by atoms with Crippen molar-refractivity contribution in [3.63, 3.8) is 0 Å². The van der Waals surface area contributed by atoms with E-state index in [0.29, 0.717) is 0 Å². The lowest BCUT2D eigenvalue weighted by molar-refractivity contribution is 0.806. The van der Waals surface area contributed by atoms with Crippen LogP contribution in [0.5, 0.6) is 0 Å². The highest BCUT2D eigenvalue weighted by molar-refractivity contribution is 7.99. The Hall–Kier alpha value is -2.46. The van der Waals surface area contributed by atoms with Crippen LogP contribution in [0, 0.1) is 0 Å². The Morgan fingerprint density at radius 3 is 1.75 bits per heavy atom. The molecule has 0 saturated carbocycles. The topological polar surface area (TPSA) is 86.2 Å². The minimum Gasteiger partial charge on any atom is -0.275 e. The average Bonchev–Trinajstić information content (AvgIpc) is 3.27. The van der Waals surface area contributed by atoms with Gasteiger partial charge in [-0.15, -0.1) is 10.2 Å². The Balaban J connectivity index is 1.32. The summed E-state index contributed by atoms with van der Waals surface area (Å²) in [6.07, 6.45) is 14.6. The molecule has 0 spiro atoms. The van der Waals surface area contributed by atoms with Crippen molar-refractivity contribution in [3.05, 3.63) is 49.6 Å². The molecule has 4 aromatic rings. The molecule has 4 aromatic heterocycles. The van der Waals surface area contributed by atoms with Crippen molar-refractivity contribution >= 4 is 34.6 Å². The quantitative estimate of drug-likeness (QED) is 0.383.